The summed E-state index contributed by atoms with van der Waals surface area (Å²) in [5.41, 5.74) is 2.31. The molecule has 1 N–H and O–H groups in total. The largest absolute Gasteiger partial charge is 0.392 e. The molecule has 1 aromatic carbocycles. The Bertz CT molecular complexity index is 467. The SMILES string of the molecule is CC1CN(c2ccc(CO)cc2C#N)C(C)CO1. The van der Waals surface area contributed by atoms with Gasteiger partial charge in [-0.25, -0.2) is 0 Å². The van der Waals surface area contributed by atoms with Crippen molar-refractivity contribution in [2.75, 3.05) is 18.1 Å². The molecule has 1 aromatic rings. The van der Waals surface area contributed by atoms with Crippen molar-refractivity contribution in [2.24, 2.45) is 0 Å². The summed E-state index contributed by atoms with van der Waals surface area (Å²) in [6.45, 7) is 5.55. The van der Waals surface area contributed by atoms with Crippen molar-refractivity contribution >= 4 is 5.69 Å². The number of morpholine rings is 1. The average molecular weight is 246 g/mol. The lowest BCUT2D eigenvalue weighted by Gasteiger charge is -2.39. The van der Waals surface area contributed by atoms with Crippen LogP contribution in [0.2, 0.25) is 0 Å². The minimum Gasteiger partial charge on any atom is -0.392 e. The van der Waals surface area contributed by atoms with Crippen LogP contribution in [0.3, 0.4) is 0 Å². The summed E-state index contributed by atoms with van der Waals surface area (Å²) >= 11 is 0. The van der Waals surface area contributed by atoms with Crippen LogP contribution in [0.25, 0.3) is 0 Å². The normalized spacial score (nSPS) is 23.8. The van der Waals surface area contributed by atoms with Gasteiger partial charge < -0.3 is 14.7 Å². The first kappa shape index (κ1) is 12.9. The first-order valence-electron chi connectivity index (χ1n) is 6.18. The van der Waals surface area contributed by atoms with Gasteiger partial charge in [-0.15, -0.1) is 0 Å². The Morgan fingerprint density at radius 3 is 2.94 bits per heavy atom. The smallest absolute Gasteiger partial charge is 0.101 e. The summed E-state index contributed by atoms with van der Waals surface area (Å²) < 4.78 is 5.60. The van der Waals surface area contributed by atoms with E-state index in [2.05, 4.69) is 17.9 Å². The van der Waals surface area contributed by atoms with E-state index in [0.29, 0.717) is 12.2 Å². The van der Waals surface area contributed by atoms with Gasteiger partial charge in [0.2, 0.25) is 0 Å². The molecule has 4 nitrogen and oxygen atoms in total. The monoisotopic (exact) mass is 246 g/mol. The average Bonchev–Trinajstić information content (AvgIpc) is 2.41. The van der Waals surface area contributed by atoms with Crippen molar-refractivity contribution in [3.8, 4) is 6.07 Å². The summed E-state index contributed by atoms with van der Waals surface area (Å²) in [5.74, 6) is 0. The molecule has 1 fully saturated rings. The maximum atomic E-state index is 9.23. The molecule has 1 aliphatic heterocycles. The quantitative estimate of drug-likeness (QED) is 0.862. The number of ether oxygens (including phenoxy) is 1. The number of rotatable bonds is 2. The van der Waals surface area contributed by atoms with Gasteiger partial charge in [0.15, 0.2) is 0 Å². The summed E-state index contributed by atoms with van der Waals surface area (Å²) in [7, 11) is 0. The molecule has 0 aliphatic carbocycles. The summed E-state index contributed by atoms with van der Waals surface area (Å²) in [6, 6.07) is 8.00. The fourth-order valence-electron chi connectivity index (χ4n) is 2.26. The number of nitrogens with zero attached hydrogens (tertiary/aromatic N) is 2. The Morgan fingerprint density at radius 2 is 2.28 bits per heavy atom. The number of aliphatic hydroxyl groups excluding tert-OH is 1. The number of hydrogen-bond donors (Lipinski definition) is 1. The van der Waals surface area contributed by atoms with Crippen molar-refractivity contribution in [3.05, 3.63) is 29.3 Å². The van der Waals surface area contributed by atoms with E-state index < -0.39 is 0 Å². The summed E-state index contributed by atoms with van der Waals surface area (Å²) in [6.07, 6.45) is 0.172. The first-order chi connectivity index (χ1) is 8.65. The highest BCUT2D eigenvalue weighted by molar-refractivity contribution is 5.61. The second-order valence-electron chi connectivity index (χ2n) is 4.77. The molecular formula is C14H18N2O2. The number of hydrogen-bond acceptors (Lipinski definition) is 4. The summed E-state index contributed by atoms with van der Waals surface area (Å²) in [4.78, 5) is 2.20. The Kier molecular flexibility index (Phi) is 3.85. The van der Waals surface area contributed by atoms with Crippen molar-refractivity contribution in [1.82, 2.24) is 0 Å². The van der Waals surface area contributed by atoms with Crippen LogP contribution in [-0.2, 0) is 11.3 Å². The Labute approximate surface area is 107 Å². The fraction of sp³-hybridized carbons (Fsp3) is 0.500. The van der Waals surface area contributed by atoms with Crippen LogP contribution in [-0.4, -0.2) is 30.4 Å². The standard InChI is InChI=1S/C14H18N2O2/c1-10-9-18-11(2)7-16(10)14-4-3-12(8-17)5-13(14)6-15/h3-5,10-11,17H,7-9H2,1-2H3. The molecule has 0 saturated carbocycles. The molecule has 18 heavy (non-hydrogen) atoms. The van der Waals surface area contributed by atoms with Gasteiger partial charge in [-0.1, -0.05) is 6.07 Å². The van der Waals surface area contributed by atoms with Crippen LogP contribution in [0.5, 0.6) is 0 Å². The van der Waals surface area contributed by atoms with Gasteiger partial charge >= 0.3 is 0 Å². The molecule has 2 rings (SSSR count). The molecule has 0 amide bonds. The fourth-order valence-corrected chi connectivity index (χ4v) is 2.26. The highest BCUT2D eigenvalue weighted by atomic mass is 16.5. The summed E-state index contributed by atoms with van der Waals surface area (Å²) in [5, 5.41) is 18.3. The van der Waals surface area contributed by atoms with Crippen molar-refractivity contribution in [1.29, 1.82) is 5.26 Å². The maximum Gasteiger partial charge on any atom is 0.101 e. The zero-order valence-corrected chi connectivity index (χ0v) is 10.8. The molecule has 4 heteroatoms. The van der Waals surface area contributed by atoms with E-state index in [1.54, 1.807) is 6.07 Å². The van der Waals surface area contributed by atoms with E-state index in [0.717, 1.165) is 17.8 Å². The van der Waals surface area contributed by atoms with E-state index in [4.69, 9.17) is 9.84 Å². The van der Waals surface area contributed by atoms with Gasteiger partial charge in [0.25, 0.3) is 0 Å². The Morgan fingerprint density at radius 1 is 1.50 bits per heavy atom. The third-order valence-electron chi connectivity index (χ3n) is 3.28. The zero-order valence-electron chi connectivity index (χ0n) is 10.8. The van der Waals surface area contributed by atoms with E-state index in [1.165, 1.54) is 0 Å². The molecular weight excluding hydrogens is 228 g/mol. The lowest BCUT2D eigenvalue weighted by molar-refractivity contribution is 0.0343. The predicted molar refractivity (Wildman–Crippen MR) is 69.3 cm³/mol. The molecule has 0 aromatic heterocycles. The maximum absolute atomic E-state index is 9.23. The molecule has 0 spiro atoms. The molecule has 2 atom stereocenters. The first-order valence-corrected chi connectivity index (χ1v) is 6.18. The van der Waals surface area contributed by atoms with Crippen LogP contribution in [0.4, 0.5) is 5.69 Å². The number of nitriles is 1. The predicted octanol–water partition coefficient (Wildman–Crippen LogP) is 1.66. The van der Waals surface area contributed by atoms with Crippen LogP contribution in [0.15, 0.2) is 18.2 Å². The van der Waals surface area contributed by atoms with Gasteiger partial charge in [-0.3, -0.25) is 0 Å². The highest BCUT2D eigenvalue weighted by Gasteiger charge is 2.25. The Balaban J connectivity index is 2.34. The van der Waals surface area contributed by atoms with E-state index >= 15 is 0 Å². The second kappa shape index (κ2) is 5.38. The Hall–Kier alpha value is -1.57. The molecule has 0 radical (unpaired) electrons. The minimum atomic E-state index is -0.0377. The molecule has 1 heterocycles. The van der Waals surface area contributed by atoms with Crippen molar-refractivity contribution in [3.63, 3.8) is 0 Å². The van der Waals surface area contributed by atoms with Crippen molar-refractivity contribution in [2.45, 2.75) is 32.6 Å². The van der Waals surface area contributed by atoms with E-state index in [1.807, 2.05) is 19.1 Å². The van der Waals surface area contributed by atoms with Gasteiger partial charge in [-0.2, -0.15) is 5.26 Å². The van der Waals surface area contributed by atoms with Crippen LogP contribution >= 0.6 is 0 Å². The molecule has 0 bridgehead atoms. The van der Waals surface area contributed by atoms with Crippen molar-refractivity contribution < 1.29 is 9.84 Å². The number of benzene rings is 1. The lowest BCUT2D eigenvalue weighted by Crippen LogP contribution is -2.47. The van der Waals surface area contributed by atoms with Gasteiger partial charge in [0.05, 0.1) is 30.6 Å². The highest BCUT2D eigenvalue weighted by Crippen LogP contribution is 2.26. The molecule has 96 valence electrons. The topological polar surface area (TPSA) is 56.5 Å². The third-order valence-corrected chi connectivity index (χ3v) is 3.28. The van der Waals surface area contributed by atoms with Gasteiger partial charge in [0.1, 0.15) is 6.07 Å². The zero-order chi connectivity index (χ0) is 13.1. The van der Waals surface area contributed by atoms with Crippen LogP contribution in [0.1, 0.15) is 25.0 Å². The van der Waals surface area contributed by atoms with E-state index in [9.17, 15) is 5.26 Å². The molecule has 1 aliphatic rings. The van der Waals surface area contributed by atoms with Gasteiger partial charge in [-0.05, 0) is 31.5 Å². The van der Waals surface area contributed by atoms with Crippen LogP contribution in [0, 0.1) is 11.3 Å². The third kappa shape index (κ3) is 2.47. The molecule has 2 unspecified atom stereocenters. The van der Waals surface area contributed by atoms with Crippen LogP contribution < -0.4 is 4.90 Å². The minimum absolute atomic E-state index is 0.0377. The van der Waals surface area contributed by atoms with Gasteiger partial charge in [0, 0.05) is 12.6 Å². The number of anilines is 1. The lowest BCUT2D eigenvalue weighted by atomic mass is 10.1. The molecule has 1 saturated heterocycles. The second-order valence-corrected chi connectivity index (χ2v) is 4.77. The number of aliphatic hydroxyl groups is 1. The van der Waals surface area contributed by atoms with E-state index in [-0.39, 0.29) is 18.8 Å².